The van der Waals surface area contributed by atoms with Crippen molar-refractivity contribution in [1.82, 2.24) is 0 Å². The van der Waals surface area contributed by atoms with E-state index >= 15 is 0 Å². The Labute approximate surface area is 152 Å². The quantitative estimate of drug-likeness (QED) is 0.578. The highest BCUT2D eigenvalue weighted by Crippen LogP contribution is 2.59. The van der Waals surface area contributed by atoms with E-state index in [1.54, 1.807) is 5.57 Å². The number of hydrogen-bond acceptors (Lipinski definition) is 0. The Hall–Kier alpha value is -2.08. The molecule has 2 aliphatic carbocycles. The Kier molecular flexibility index (Phi) is 3.76. The van der Waals surface area contributed by atoms with Crippen molar-refractivity contribution in [2.24, 2.45) is 11.3 Å². The molecule has 1 fully saturated rings. The SMILES string of the molecule is CC(C)(C)C1=CC2C(=C1)C(C)(c1ccccc1)CC2c1ccccc1. The predicted octanol–water partition coefficient (Wildman–Crippen LogP) is 6.66. The lowest BCUT2D eigenvalue weighted by atomic mass is 9.76. The Balaban J connectivity index is 1.84. The minimum atomic E-state index is 0.121. The Morgan fingerprint density at radius 1 is 0.880 bits per heavy atom. The first-order valence-corrected chi connectivity index (χ1v) is 9.44. The first-order chi connectivity index (χ1) is 11.9. The second kappa shape index (κ2) is 5.73. The first-order valence-electron chi connectivity index (χ1n) is 9.44. The van der Waals surface area contributed by atoms with Crippen LogP contribution in [0.2, 0.25) is 0 Å². The van der Waals surface area contributed by atoms with Crippen molar-refractivity contribution in [2.45, 2.75) is 45.4 Å². The van der Waals surface area contributed by atoms with E-state index in [4.69, 9.17) is 0 Å². The van der Waals surface area contributed by atoms with E-state index in [0.717, 1.165) is 0 Å². The summed E-state index contributed by atoms with van der Waals surface area (Å²) in [6, 6.07) is 22.2. The van der Waals surface area contributed by atoms with Crippen LogP contribution in [0.5, 0.6) is 0 Å². The van der Waals surface area contributed by atoms with Crippen LogP contribution in [0, 0.1) is 11.3 Å². The zero-order valence-electron chi connectivity index (χ0n) is 15.8. The molecule has 0 radical (unpaired) electrons. The molecule has 0 aromatic heterocycles. The summed E-state index contributed by atoms with van der Waals surface area (Å²) in [6.07, 6.45) is 6.26. The number of rotatable bonds is 2. The van der Waals surface area contributed by atoms with Crippen LogP contribution in [0.25, 0.3) is 0 Å². The van der Waals surface area contributed by atoms with Crippen molar-refractivity contribution in [3.63, 3.8) is 0 Å². The second-order valence-corrected chi connectivity index (χ2v) is 8.92. The minimum Gasteiger partial charge on any atom is -0.0729 e. The molecule has 2 aromatic rings. The normalized spacial score (nSPS) is 28.5. The predicted molar refractivity (Wildman–Crippen MR) is 107 cm³/mol. The largest absolute Gasteiger partial charge is 0.0729 e. The molecule has 128 valence electrons. The van der Waals surface area contributed by atoms with Crippen LogP contribution in [0.3, 0.4) is 0 Å². The molecule has 0 heteroatoms. The fraction of sp³-hybridized carbons (Fsp3) is 0.360. The van der Waals surface area contributed by atoms with E-state index in [1.807, 2.05) is 0 Å². The lowest BCUT2D eigenvalue weighted by Gasteiger charge is -2.28. The lowest BCUT2D eigenvalue weighted by molar-refractivity contribution is 0.503. The van der Waals surface area contributed by atoms with E-state index < -0.39 is 0 Å². The van der Waals surface area contributed by atoms with Crippen molar-refractivity contribution in [1.29, 1.82) is 0 Å². The fourth-order valence-corrected chi connectivity index (χ4v) is 4.72. The average Bonchev–Trinajstić information content (AvgIpc) is 3.17. The van der Waals surface area contributed by atoms with Gasteiger partial charge in [0, 0.05) is 11.3 Å². The smallest absolute Gasteiger partial charge is 0.0149 e. The molecule has 1 saturated carbocycles. The minimum absolute atomic E-state index is 0.121. The molecular weight excluding hydrogens is 300 g/mol. The van der Waals surface area contributed by atoms with Gasteiger partial charge in [-0.25, -0.2) is 0 Å². The summed E-state index contributed by atoms with van der Waals surface area (Å²) in [5.74, 6) is 1.10. The van der Waals surface area contributed by atoms with Crippen LogP contribution in [-0.4, -0.2) is 0 Å². The van der Waals surface area contributed by atoms with Gasteiger partial charge in [-0.15, -0.1) is 0 Å². The third-order valence-electron chi connectivity index (χ3n) is 6.23. The van der Waals surface area contributed by atoms with Crippen molar-refractivity contribution < 1.29 is 0 Å². The zero-order valence-corrected chi connectivity index (χ0v) is 15.8. The Morgan fingerprint density at radius 2 is 1.48 bits per heavy atom. The van der Waals surface area contributed by atoms with Crippen LogP contribution >= 0.6 is 0 Å². The molecular formula is C25H28. The summed E-state index contributed by atoms with van der Waals surface area (Å²) >= 11 is 0. The molecule has 0 spiro atoms. The van der Waals surface area contributed by atoms with Gasteiger partial charge in [0.15, 0.2) is 0 Å². The summed E-state index contributed by atoms with van der Waals surface area (Å²) in [5, 5.41) is 0. The van der Waals surface area contributed by atoms with E-state index in [1.165, 1.54) is 23.1 Å². The van der Waals surface area contributed by atoms with Crippen molar-refractivity contribution >= 4 is 0 Å². The molecule has 4 rings (SSSR count). The maximum atomic E-state index is 2.56. The molecule has 0 amide bonds. The highest BCUT2D eigenvalue weighted by Gasteiger charge is 2.49. The van der Waals surface area contributed by atoms with Gasteiger partial charge < -0.3 is 0 Å². The number of benzene rings is 2. The zero-order chi connectivity index (χ0) is 17.7. The van der Waals surface area contributed by atoms with E-state index in [9.17, 15) is 0 Å². The molecule has 25 heavy (non-hydrogen) atoms. The highest BCUT2D eigenvalue weighted by atomic mass is 14.5. The maximum absolute atomic E-state index is 2.56. The molecule has 3 atom stereocenters. The summed E-state index contributed by atoms with van der Waals surface area (Å²) in [6.45, 7) is 9.43. The molecule has 0 aliphatic heterocycles. The van der Waals surface area contributed by atoms with E-state index in [2.05, 4.69) is 101 Å². The van der Waals surface area contributed by atoms with Crippen LogP contribution in [-0.2, 0) is 5.41 Å². The third kappa shape index (κ3) is 2.68. The van der Waals surface area contributed by atoms with Gasteiger partial charge in [0.05, 0.1) is 0 Å². The molecule has 0 saturated heterocycles. The first kappa shape index (κ1) is 16.4. The summed E-state index contributed by atoms with van der Waals surface area (Å²) in [5.41, 5.74) is 6.36. The van der Waals surface area contributed by atoms with Gasteiger partial charge in [0.2, 0.25) is 0 Å². The molecule has 0 bridgehead atoms. The summed E-state index contributed by atoms with van der Waals surface area (Å²) < 4.78 is 0. The summed E-state index contributed by atoms with van der Waals surface area (Å²) in [7, 11) is 0. The van der Waals surface area contributed by atoms with Gasteiger partial charge in [-0.1, -0.05) is 106 Å². The molecule has 0 heterocycles. The molecule has 0 nitrogen and oxygen atoms in total. The average molecular weight is 328 g/mol. The monoisotopic (exact) mass is 328 g/mol. The van der Waals surface area contributed by atoms with Crippen molar-refractivity contribution in [3.05, 3.63) is 95.1 Å². The Bertz CT molecular complexity index is 817. The third-order valence-corrected chi connectivity index (χ3v) is 6.23. The lowest BCUT2D eigenvalue weighted by Crippen LogP contribution is -2.20. The maximum Gasteiger partial charge on any atom is 0.0149 e. The van der Waals surface area contributed by atoms with Gasteiger partial charge in [-0.2, -0.15) is 0 Å². The van der Waals surface area contributed by atoms with Crippen molar-refractivity contribution in [2.75, 3.05) is 0 Å². The van der Waals surface area contributed by atoms with Gasteiger partial charge >= 0.3 is 0 Å². The highest BCUT2D eigenvalue weighted by molar-refractivity contribution is 5.53. The van der Waals surface area contributed by atoms with Crippen molar-refractivity contribution in [3.8, 4) is 0 Å². The number of fused-ring (bicyclic) bond motifs is 1. The summed E-state index contributed by atoms with van der Waals surface area (Å²) in [4.78, 5) is 0. The van der Waals surface area contributed by atoms with Crippen LogP contribution < -0.4 is 0 Å². The van der Waals surface area contributed by atoms with Gasteiger partial charge in [0.25, 0.3) is 0 Å². The van der Waals surface area contributed by atoms with Crippen LogP contribution in [0.4, 0.5) is 0 Å². The molecule has 3 unspecified atom stereocenters. The standard InChI is InChI=1S/C25H28/c1-24(2,3)20-15-21-22(18-11-7-5-8-12-18)17-25(4,23(21)16-20)19-13-9-6-10-14-19/h5-16,21-22H,17H2,1-4H3. The van der Waals surface area contributed by atoms with E-state index in [-0.39, 0.29) is 10.8 Å². The number of hydrogen-bond donors (Lipinski definition) is 0. The van der Waals surface area contributed by atoms with E-state index in [0.29, 0.717) is 11.8 Å². The fourth-order valence-electron chi connectivity index (χ4n) is 4.72. The molecule has 2 aromatic carbocycles. The molecule has 0 N–H and O–H groups in total. The second-order valence-electron chi connectivity index (χ2n) is 8.92. The topological polar surface area (TPSA) is 0 Å². The molecule has 2 aliphatic rings. The van der Waals surface area contributed by atoms with Crippen LogP contribution in [0.1, 0.15) is 51.2 Å². The van der Waals surface area contributed by atoms with Gasteiger partial charge in [-0.3, -0.25) is 0 Å². The Morgan fingerprint density at radius 3 is 2.08 bits per heavy atom. The van der Waals surface area contributed by atoms with Gasteiger partial charge in [-0.05, 0) is 34.5 Å². The number of allylic oxidation sites excluding steroid dienone is 4. The van der Waals surface area contributed by atoms with Crippen LogP contribution in [0.15, 0.2) is 84.0 Å². The van der Waals surface area contributed by atoms with Gasteiger partial charge in [0.1, 0.15) is 0 Å².